The van der Waals surface area contributed by atoms with Crippen LogP contribution in [-0.4, -0.2) is 67.7 Å². The number of amides is 3. The first-order valence-corrected chi connectivity index (χ1v) is 9.03. The van der Waals surface area contributed by atoms with Gasteiger partial charge in [0.15, 0.2) is 0 Å². The summed E-state index contributed by atoms with van der Waals surface area (Å²) in [6, 6.07) is 7.14. The third-order valence-corrected chi connectivity index (χ3v) is 4.60. The molecule has 3 amide bonds. The van der Waals surface area contributed by atoms with Crippen LogP contribution in [0.5, 0.6) is 5.75 Å². The predicted molar refractivity (Wildman–Crippen MR) is 102 cm³/mol. The monoisotopic (exact) mass is 377 g/mol. The molecule has 140 valence electrons. The van der Waals surface area contributed by atoms with Gasteiger partial charge in [-0.25, -0.2) is 0 Å². The molecule has 0 spiro atoms. The predicted octanol–water partition coefficient (Wildman–Crippen LogP) is 1.80. The number of carbonyl (C=O) groups excluding carboxylic acids is 3. The molecule has 0 radical (unpaired) electrons. The van der Waals surface area contributed by atoms with Crippen molar-refractivity contribution in [1.29, 1.82) is 0 Å². The first-order valence-electron chi connectivity index (χ1n) is 8.21. The lowest BCUT2D eigenvalue weighted by Crippen LogP contribution is -2.40. The van der Waals surface area contributed by atoms with Gasteiger partial charge in [0, 0.05) is 6.54 Å². The van der Waals surface area contributed by atoms with Gasteiger partial charge in [-0.1, -0.05) is 12.1 Å². The summed E-state index contributed by atoms with van der Waals surface area (Å²) in [5, 5.41) is 2.30. The molecule has 1 fully saturated rings. The van der Waals surface area contributed by atoms with E-state index in [1.165, 1.54) is 0 Å². The summed E-state index contributed by atoms with van der Waals surface area (Å²) < 4.78 is 5.09. The Balaban J connectivity index is 1.93. The van der Waals surface area contributed by atoms with E-state index in [1.54, 1.807) is 37.5 Å². The first-order chi connectivity index (χ1) is 12.4. The number of ether oxygens (including phenoxy) is 1. The Morgan fingerprint density at radius 3 is 2.58 bits per heavy atom. The molecule has 1 N–H and O–H groups in total. The van der Waals surface area contributed by atoms with E-state index in [0.717, 1.165) is 35.2 Å². The molecule has 1 aromatic rings. The molecule has 26 heavy (non-hydrogen) atoms. The lowest BCUT2D eigenvalue weighted by molar-refractivity contribution is -0.129. The molecule has 8 heteroatoms. The molecule has 0 aliphatic carbocycles. The number of thioether (sulfide) groups is 1. The van der Waals surface area contributed by atoms with Crippen LogP contribution in [0.15, 0.2) is 29.2 Å². The fourth-order valence-corrected chi connectivity index (χ4v) is 3.15. The van der Waals surface area contributed by atoms with E-state index in [9.17, 15) is 14.4 Å². The normalized spacial score (nSPS) is 15.8. The summed E-state index contributed by atoms with van der Waals surface area (Å²) in [6.45, 7) is 1.11. The highest BCUT2D eigenvalue weighted by molar-refractivity contribution is 8.18. The van der Waals surface area contributed by atoms with Crippen LogP contribution < -0.4 is 10.1 Å². The molecule has 7 nitrogen and oxygen atoms in total. The Kier molecular flexibility index (Phi) is 7.23. The van der Waals surface area contributed by atoms with Crippen molar-refractivity contribution in [1.82, 2.24) is 15.1 Å². The van der Waals surface area contributed by atoms with Crippen molar-refractivity contribution in [3.63, 3.8) is 0 Å². The van der Waals surface area contributed by atoms with E-state index in [0.29, 0.717) is 17.2 Å². The average Bonchev–Trinajstić information content (AvgIpc) is 2.87. The van der Waals surface area contributed by atoms with Crippen LogP contribution in [0.1, 0.15) is 12.0 Å². The Labute approximate surface area is 157 Å². The maximum absolute atomic E-state index is 12.4. The van der Waals surface area contributed by atoms with Crippen molar-refractivity contribution in [2.45, 2.75) is 6.42 Å². The summed E-state index contributed by atoms with van der Waals surface area (Å²) in [6.07, 6.45) is 2.44. The van der Waals surface area contributed by atoms with Crippen molar-refractivity contribution < 1.29 is 19.1 Å². The van der Waals surface area contributed by atoms with Gasteiger partial charge in [-0.15, -0.1) is 0 Å². The van der Waals surface area contributed by atoms with Crippen LogP contribution >= 0.6 is 11.8 Å². The highest BCUT2D eigenvalue weighted by Crippen LogP contribution is 2.32. The van der Waals surface area contributed by atoms with Gasteiger partial charge in [0.25, 0.3) is 11.1 Å². The zero-order chi connectivity index (χ0) is 19.1. The Hall–Kier alpha value is -2.32. The van der Waals surface area contributed by atoms with E-state index in [1.807, 2.05) is 19.0 Å². The molecule has 1 aromatic carbocycles. The third kappa shape index (κ3) is 5.60. The largest absolute Gasteiger partial charge is 0.497 e. The number of benzene rings is 1. The van der Waals surface area contributed by atoms with Crippen LogP contribution in [0, 0.1) is 0 Å². The zero-order valence-electron chi connectivity index (χ0n) is 15.2. The summed E-state index contributed by atoms with van der Waals surface area (Å²) in [5.74, 6) is -0.0720. The third-order valence-electron chi connectivity index (χ3n) is 3.69. The van der Waals surface area contributed by atoms with Crippen LogP contribution in [-0.2, 0) is 9.59 Å². The molecule has 0 saturated carbocycles. The second-order valence-electron chi connectivity index (χ2n) is 6.05. The number of rotatable bonds is 8. The smallest absolute Gasteiger partial charge is 0.294 e. The van der Waals surface area contributed by atoms with Crippen molar-refractivity contribution in [2.75, 3.05) is 40.8 Å². The fraction of sp³-hybridized carbons (Fsp3) is 0.389. The standard InChI is InChI=1S/C18H23N3O4S/c1-20(2)10-4-9-19-16(22)12-21-17(23)15(26-18(21)24)11-13-5-7-14(25-3)8-6-13/h5-8,11H,4,9-10,12H2,1-3H3,(H,19,22). The number of methoxy groups -OCH3 is 1. The van der Waals surface area contributed by atoms with Gasteiger partial charge in [0.2, 0.25) is 5.91 Å². The molecule has 1 saturated heterocycles. The lowest BCUT2D eigenvalue weighted by atomic mass is 10.2. The van der Waals surface area contributed by atoms with Gasteiger partial charge in [0.1, 0.15) is 12.3 Å². The molecular weight excluding hydrogens is 354 g/mol. The fourth-order valence-electron chi connectivity index (χ4n) is 2.31. The Morgan fingerprint density at radius 2 is 1.96 bits per heavy atom. The van der Waals surface area contributed by atoms with Gasteiger partial charge in [-0.2, -0.15) is 0 Å². The van der Waals surface area contributed by atoms with Crippen LogP contribution in [0.25, 0.3) is 6.08 Å². The zero-order valence-corrected chi connectivity index (χ0v) is 16.0. The summed E-state index contributed by atoms with van der Waals surface area (Å²) >= 11 is 0.841. The second kappa shape index (κ2) is 9.40. The lowest BCUT2D eigenvalue weighted by Gasteiger charge is -2.13. The Bertz CT molecular complexity index is 701. The van der Waals surface area contributed by atoms with Crippen molar-refractivity contribution in [2.24, 2.45) is 0 Å². The number of hydrogen-bond acceptors (Lipinski definition) is 6. The van der Waals surface area contributed by atoms with E-state index >= 15 is 0 Å². The number of hydrogen-bond donors (Lipinski definition) is 1. The number of imide groups is 1. The second-order valence-corrected chi connectivity index (χ2v) is 7.04. The number of carbonyl (C=O) groups is 3. The average molecular weight is 377 g/mol. The van der Waals surface area contributed by atoms with Gasteiger partial charge in [-0.3, -0.25) is 19.3 Å². The quantitative estimate of drug-likeness (QED) is 0.550. The molecule has 0 unspecified atom stereocenters. The van der Waals surface area contributed by atoms with Crippen LogP contribution in [0.4, 0.5) is 4.79 Å². The van der Waals surface area contributed by atoms with Crippen molar-refractivity contribution in [3.8, 4) is 5.75 Å². The van der Waals surface area contributed by atoms with Crippen LogP contribution in [0.2, 0.25) is 0 Å². The molecule has 0 bridgehead atoms. The van der Waals surface area contributed by atoms with E-state index in [-0.39, 0.29) is 12.5 Å². The van der Waals surface area contributed by atoms with E-state index < -0.39 is 11.1 Å². The molecule has 1 heterocycles. The van der Waals surface area contributed by atoms with Gasteiger partial charge >= 0.3 is 0 Å². The highest BCUT2D eigenvalue weighted by atomic mass is 32.2. The molecule has 1 aliphatic rings. The van der Waals surface area contributed by atoms with Gasteiger partial charge in [-0.05, 0) is 62.6 Å². The molecule has 0 aromatic heterocycles. The number of nitrogens with zero attached hydrogens (tertiary/aromatic N) is 2. The topological polar surface area (TPSA) is 79.0 Å². The molecule has 2 rings (SSSR count). The highest BCUT2D eigenvalue weighted by Gasteiger charge is 2.36. The molecular formula is C18H23N3O4S. The van der Waals surface area contributed by atoms with Gasteiger partial charge in [0.05, 0.1) is 12.0 Å². The van der Waals surface area contributed by atoms with E-state index in [2.05, 4.69) is 5.32 Å². The van der Waals surface area contributed by atoms with Crippen molar-refractivity contribution >= 4 is 34.9 Å². The number of nitrogens with one attached hydrogen (secondary N) is 1. The Morgan fingerprint density at radius 1 is 1.27 bits per heavy atom. The summed E-state index contributed by atoms with van der Waals surface area (Å²) in [4.78, 5) is 39.7. The summed E-state index contributed by atoms with van der Waals surface area (Å²) in [5.41, 5.74) is 0.782. The minimum absolute atomic E-state index is 0.257. The maximum Gasteiger partial charge on any atom is 0.294 e. The van der Waals surface area contributed by atoms with E-state index in [4.69, 9.17) is 4.74 Å². The maximum atomic E-state index is 12.4. The van der Waals surface area contributed by atoms with Crippen LogP contribution in [0.3, 0.4) is 0 Å². The molecule has 0 atom stereocenters. The van der Waals surface area contributed by atoms with Gasteiger partial charge < -0.3 is 15.0 Å². The molecule has 1 aliphatic heterocycles. The summed E-state index contributed by atoms with van der Waals surface area (Å²) in [7, 11) is 5.49. The van der Waals surface area contributed by atoms with Crippen molar-refractivity contribution in [3.05, 3.63) is 34.7 Å². The first kappa shape index (κ1) is 20.0. The SMILES string of the molecule is COc1ccc(C=C2SC(=O)N(CC(=O)NCCCN(C)C)C2=O)cc1. The minimum Gasteiger partial charge on any atom is -0.497 e. The minimum atomic E-state index is -0.445.